The molecule has 2 aromatic rings. The van der Waals surface area contributed by atoms with Crippen LogP contribution in [0.2, 0.25) is 0 Å². The van der Waals surface area contributed by atoms with Crippen molar-refractivity contribution in [2.24, 2.45) is 0 Å². The predicted octanol–water partition coefficient (Wildman–Crippen LogP) is 3.20. The Labute approximate surface area is 111 Å². The van der Waals surface area contributed by atoms with Gasteiger partial charge < -0.3 is 9.72 Å². The first-order valence-corrected chi connectivity index (χ1v) is 7.43. The third-order valence-corrected chi connectivity index (χ3v) is 4.73. The van der Waals surface area contributed by atoms with Gasteiger partial charge in [0.1, 0.15) is 10.8 Å². The molecule has 2 aromatic heterocycles. The molecular formula is C13H18N4S. The number of nitrogens with zero attached hydrogens (tertiary/aromatic N) is 3. The Balaban J connectivity index is 1.91. The van der Waals surface area contributed by atoms with Crippen LogP contribution in [0.25, 0.3) is 5.65 Å². The second-order valence-electron chi connectivity index (χ2n) is 4.72. The zero-order valence-corrected chi connectivity index (χ0v) is 11.4. The summed E-state index contributed by atoms with van der Waals surface area (Å²) in [6, 6.07) is 0. The van der Waals surface area contributed by atoms with Crippen molar-refractivity contribution in [1.82, 2.24) is 14.4 Å². The fourth-order valence-electron chi connectivity index (χ4n) is 2.44. The molecule has 0 atom stereocenters. The number of nitrogens with one attached hydrogen (secondary N) is 1. The molecule has 0 radical (unpaired) electrons. The van der Waals surface area contributed by atoms with Gasteiger partial charge in [-0.25, -0.2) is 9.97 Å². The Morgan fingerprint density at radius 1 is 1.33 bits per heavy atom. The van der Waals surface area contributed by atoms with Crippen molar-refractivity contribution in [1.29, 1.82) is 0 Å². The molecule has 0 spiro atoms. The molecular weight excluding hydrogens is 244 g/mol. The monoisotopic (exact) mass is 262 g/mol. The number of aromatic nitrogens is 3. The van der Waals surface area contributed by atoms with E-state index in [1.165, 1.54) is 32.1 Å². The standard InChI is InChI=1S/C13H18N4S/c1-14-11-9-17-8-7-15-12(17)13(16-11)18-10-5-3-2-4-6-10/h7-10,14H,2-6H2,1H3. The number of anilines is 1. The Kier molecular flexibility index (Phi) is 3.41. The zero-order valence-electron chi connectivity index (χ0n) is 10.6. The Morgan fingerprint density at radius 3 is 2.94 bits per heavy atom. The fraction of sp³-hybridized carbons (Fsp3) is 0.538. The lowest BCUT2D eigenvalue weighted by Gasteiger charge is -2.20. The van der Waals surface area contributed by atoms with Gasteiger partial charge in [0.15, 0.2) is 5.65 Å². The second kappa shape index (κ2) is 5.18. The van der Waals surface area contributed by atoms with E-state index < -0.39 is 0 Å². The van der Waals surface area contributed by atoms with Gasteiger partial charge in [0.05, 0.1) is 6.20 Å². The maximum Gasteiger partial charge on any atom is 0.169 e. The third-order valence-electron chi connectivity index (χ3n) is 3.43. The molecule has 4 nitrogen and oxygen atoms in total. The van der Waals surface area contributed by atoms with E-state index in [1.807, 2.05) is 41.8 Å². The number of rotatable bonds is 3. The van der Waals surface area contributed by atoms with Crippen molar-refractivity contribution in [2.45, 2.75) is 42.4 Å². The molecule has 0 amide bonds. The average molecular weight is 262 g/mol. The summed E-state index contributed by atoms with van der Waals surface area (Å²) >= 11 is 1.89. The summed E-state index contributed by atoms with van der Waals surface area (Å²) in [5.41, 5.74) is 0.976. The van der Waals surface area contributed by atoms with Crippen molar-refractivity contribution >= 4 is 23.2 Å². The van der Waals surface area contributed by atoms with Crippen LogP contribution in [0.4, 0.5) is 5.82 Å². The largest absolute Gasteiger partial charge is 0.372 e. The maximum absolute atomic E-state index is 4.65. The van der Waals surface area contributed by atoms with Gasteiger partial charge in [0, 0.05) is 24.7 Å². The van der Waals surface area contributed by atoms with Crippen LogP contribution in [0.5, 0.6) is 0 Å². The van der Waals surface area contributed by atoms with Gasteiger partial charge in [0.25, 0.3) is 0 Å². The number of fused-ring (bicyclic) bond motifs is 1. The van der Waals surface area contributed by atoms with Gasteiger partial charge in [-0.05, 0) is 12.8 Å². The highest BCUT2D eigenvalue weighted by Gasteiger charge is 2.18. The van der Waals surface area contributed by atoms with Crippen LogP contribution in [0, 0.1) is 0 Å². The first-order valence-electron chi connectivity index (χ1n) is 6.55. The van der Waals surface area contributed by atoms with E-state index in [0.717, 1.165) is 16.5 Å². The van der Waals surface area contributed by atoms with Gasteiger partial charge in [-0.2, -0.15) is 0 Å². The Morgan fingerprint density at radius 2 is 2.17 bits per heavy atom. The highest BCUT2D eigenvalue weighted by Crippen LogP contribution is 2.34. The quantitative estimate of drug-likeness (QED) is 0.922. The highest BCUT2D eigenvalue weighted by molar-refractivity contribution is 8.00. The molecule has 1 N–H and O–H groups in total. The van der Waals surface area contributed by atoms with Gasteiger partial charge >= 0.3 is 0 Å². The summed E-state index contributed by atoms with van der Waals surface area (Å²) in [6.45, 7) is 0. The molecule has 0 aliphatic heterocycles. The average Bonchev–Trinajstić information content (AvgIpc) is 2.88. The summed E-state index contributed by atoms with van der Waals surface area (Å²) in [5.74, 6) is 0.902. The summed E-state index contributed by atoms with van der Waals surface area (Å²) in [6.07, 6.45) is 12.5. The molecule has 18 heavy (non-hydrogen) atoms. The fourth-order valence-corrected chi connectivity index (χ4v) is 3.74. The van der Waals surface area contributed by atoms with E-state index in [4.69, 9.17) is 0 Å². The first kappa shape index (κ1) is 11.8. The van der Waals surface area contributed by atoms with Crippen molar-refractivity contribution in [3.05, 3.63) is 18.6 Å². The molecule has 0 unspecified atom stereocenters. The summed E-state index contributed by atoms with van der Waals surface area (Å²) in [7, 11) is 1.90. The van der Waals surface area contributed by atoms with Crippen molar-refractivity contribution in [2.75, 3.05) is 12.4 Å². The molecule has 1 aliphatic rings. The predicted molar refractivity (Wildman–Crippen MR) is 75.3 cm³/mol. The van der Waals surface area contributed by atoms with Crippen LogP contribution in [0.1, 0.15) is 32.1 Å². The normalized spacial score (nSPS) is 17.2. The van der Waals surface area contributed by atoms with Crippen LogP contribution in [0.15, 0.2) is 23.6 Å². The summed E-state index contributed by atoms with van der Waals surface area (Å²) in [4.78, 5) is 9.07. The topological polar surface area (TPSA) is 42.2 Å². The number of thioether (sulfide) groups is 1. The SMILES string of the molecule is CNc1cn2ccnc2c(SC2CCCCC2)n1. The van der Waals surface area contributed by atoms with E-state index in [9.17, 15) is 0 Å². The lowest BCUT2D eigenvalue weighted by atomic mass is 10.0. The minimum atomic E-state index is 0.707. The van der Waals surface area contributed by atoms with E-state index in [2.05, 4.69) is 15.3 Å². The minimum absolute atomic E-state index is 0.707. The lowest BCUT2D eigenvalue weighted by Crippen LogP contribution is -2.09. The molecule has 1 aliphatic carbocycles. The van der Waals surface area contributed by atoms with E-state index in [0.29, 0.717) is 5.25 Å². The van der Waals surface area contributed by atoms with Crippen molar-refractivity contribution < 1.29 is 0 Å². The van der Waals surface area contributed by atoms with E-state index in [1.54, 1.807) is 0 Å². The van der Waals surface area contributed by atoms with Crippen LogP contribution in [-0.4, -0.2) is 26.7 Å². The number of hydrogen-bond acceptors (Lipinski definition) is 4. The maximum atomic E-state index is 4.65. The molecule has 2 heterocycles. The van der Waals surface area contributed by atoms with Gasteiger partial charge in [-0.1, -0.05) is 31.0 Å². The molecule has 5 heteroatoms. The van der Waals surface area contributed by atoms with Crippen LogP contribution < -0.4 is 5.32 Å². The number of hydrogen-bond donors (Lipinski definition) is 1. The number of imidazole rings is 1. The van der Waals surface area contributed by atoms with E-state index >= 15 is 0 Å². The Bertz CT molecular complexity index is 531. The summed E-state index contributed by atoms with van der Waals surface area (Å²) in [5, 5.41) is 4.88. The molecule has 96 valence electrons. The molecule has 1 saturated carbocycles. The molecule has 0 bridgehead atoms. The molecule has 1 fully saturated rings. The smallest absolute Gasteiger partial charge is 0.169 e. The zero-order chi connectivity index (χ0) is 12.4. The van der Waals surface area contributed by atoms with Crippen LogP contribution in [0.3, 0.4) is 0 Å². The van der Waals surface area contributed by atoms with E-state index in [-0.39, 0.29) is 0 Å². The van der Waals surface area contributed by atoms with Crippen LogP contribution in [-0.2, 0) is 0 Å². The van der Waals surface area contributed by atoms with Crippen LogP contribution >= 0.6 is 11.8 Å². The molecule has 0 aromatic carbocycles. The van der Waals surface area contributed by atoms with Gasteiger partial charge in [-0.3, -0.25) is 0 Å². The van der Waals surface area contributed by atoms with Gasteiger partial charge in [0.2, 0.25) is 0 Å². The van der Waals surface area contributed by atoms with Crippen molar-refractivity contribution in [3.8, 4) is 0 Å². The first-order chi connectivity index (χ1) is 8.86. The highest BCUT2D eigenvalue weighted by atomic mass is 32.2. The second-order valence-corrected chi connectivity index (χ2v) is 6.01. The molecule has 3 rings (SSSR count). The third kappa shape index (κ3) is 2.32. The van der Waals surface area contributed by atoms with Crippen molar-refractivity contribution in [3.63, 3.8) is 0 Å². The summed E-state index contributed by atoms with van der Waals surface area (Å²) < 4.78 is 2.05. The van der Waals surface area contributed by atoms with Gasteiger partial charge in [-0.15, -0.1) is 0 Å². The lowest BCUT2D eigenvalue weighted by molar-refractivity contribution is 0.516. The minimum Gasteiger partial charge on any atom is -0.372 e. The molecule has 0 saturated heterocycles. The Hall–Kier alpha value is -1.23.